The second-order valence-electron chi connectivity index (χ2n) is 4.76. The highest BCUT2D eigenvalue weighted by Gasteiger charge is 2.14. The maximum Gasteiger partial charge on any atom is 0.165 e. The maximum absolute atomic E-state index is 13.4. The Morgan fingerprint density at radius 1 is 1.37 bits per heavy atom. The van der Waals surface area contributed by atoms with Gasteiger partial charge in [-0.25, -0.2) is 10.2 Å². The zero-order chi connectivity index (χ0) is 13.7. The second-order valence-corrected chi connectivity index (χ2v) is 4.76. The zero-order valence-corrected chi connectivity index (χ0v) is 11.2. The molecule has 0 unspecified atom stereocenters. The SMILES string of the molecule is COc1cc(C(=NC2CCCCC2)NN)ccc1F. The molecule has 0 bridgehead atoms. The number of aliphatic imine (C=N–C) groups is 1. The molecule has 0 atom stereocenters. The van der Waals surface area contributed by atoms with Gasteiger partial charge in [-0.05, 0) is 31.0 Å². The van der Waals surface area contributed by atoms with Crippen molar-refractivity contribution in [3.8, 4) is 5.75 Å². The standard InChI is InChI=1S/C14H20FN3O/c1-19-13-9-10(7-8-12(13)15)14(18-16)17-11-5-3-2-4-6-11/h7-9,11H,2-6,16H2,1H3,(H,17,18). The first-order valence-corrected chi connectivity index (χ1v) is 6.63. The van der Waals surface area contributed by atoms with Gasteiger partial charge in [0.1, 0.15) is 5.84 Å². The molecule has 0 heterocycles. The molecule has 0 amide bonds. The van der Waals surface area contributed by atoms with Gasteiger partial charge in [0.05, 0.1) is 13.2 Å². The van der Waals surface area contributed by atoms with E-state index < -0.39 is 0 Å². The molecule has 5 heteroatoms. The Hall–Kier alpha value is -1.62. The molecule has 19 heavy (non-hydrogen) atoms. The molecular formula is C14H20FN3O. The minimum Gasteiger partial charge on any atom is -0.494 e. The summed E-state index contributed by atoms with van der Waals surface area (Å²) in [6, 6.07) is 4.92. The predicted molar refractivity (Wildman–Crippen MR) is 73.7 cm³/mol. The smallest absolute Gasteiger partial charge is 0.165 e. The van der Waals surface area contributed by atoms with Crippen molar-refractivity contribution in [3.05, 3.63) is 29.6 Å². The number of rotatable bonds is 3. The minimum atomic E-state index is -0.389. The fraction of sp³-hybridized carbons (Fsp3) is 0.500. The third kappa shape index (κ3) is 3.44. The van der Waals surface area contributed by atoms with Crippen molar-refractivity contribution in [1.82, 2.24) is 5.43 Å². The van der Waals surface area contributed by atoms with E-state index in [1.165, 1.54) is 32.4 Å². The van der Waals surface area contributed by atoms with Crippen molar-refractivity contribution in [2.75, 3.05) is 7.11 Å². The van der Waals surface area contributed by atoms with E-state index >= 15 is 0 Å². The third-order valence-corrected chi connectivity index (χ3v) is 3.45. The quantitative estimate of drug-likeness (QED) is 0.382. The molecule has 3 N–H and O–H groups in total. The van der Waals surface area contributed by atoms with Crippen LogP contribution < -0.4 is 16.0 Å². The van der Waals surface area contributed by atoms with Crippen LogP contribution in [-0.2, 0) is 0 Å². The Balaban J connectivity index is 2.22. The molecule has 1 aliphatic carbocycles. The lowest BCUT2D eigenvalue weighted by molar-refractivity contribution is 0.386. The highest BCUT2D eigenvalue weighted by molar-refractivity contribution is 5.98. The van der Waals surface area contributed by atoms with Crippen molar-refractivity contribution >= 4 is 5.84 Å². The molecule has 0 spiro atoms. The Bertz CT molecular complexity index is 456. The fourth-order valence-electron chi connectivity index (χ4n) is 2.39. The van der Waals surface area contributed by atoms with E-state index in [-0.39, 0.29) is 11.6 Å². The molecule has 1 fully saturated rings. The second kappa shape index (κ2) is 6.52. The van der Waals surface area contributed by atoms with E-state index in [1.807, 2.05) is 0 Å². The summed E-state index contributed by atoms with van der Waals surface area (Å²) in [4.78, 5) is 4.63. The van der Waals surface area contributed by atoms with Crippen molar-refractivity contribution in [2.24, 2.45) is 10.8 Å². The summed E-state index contributed by atoms with van der Waals surface area (Å²) < 4.78 is 18.4. The van der Waals surface area contributed by atoms with Crippen LogP contribution in [0.4, 0.5) is 4.39 Å². The maximum atomic E-state index is 13.4. The molecule has 1 aromatic rings. The summed E-state index contributed by atoms with van der Waals surface area (Å²) in [7, 11) is 1.44. The Morgan fingerprint density at radius 3 is 2.74 bits per heavy atom. The first kappa shape index (κ1) is 13.8. The molecule has 104 valence electrons. The summed E-state index contributed by atoms with van der Waals surface area (Å²) in [5.41, 5.74) is 3.35. The van der Waals surface area contributed by atoms with Crippen LogP contribution in [-0.4, -0.2) is 19.0 Å². The predicted octanol–water partition coefficient (Wildman–Crippen LogP) is 2.38. The molecule has 0 saturated heterocycles. The van der Waals surface area contributed by atoms with Crippen LogP contribution >= 0.6 is 0 Å². The van der Waals surface area contributed by atoms with E-state index in [2.05, 4.69) is 10.4 Å². The summed E-state index contributed by atoms with van der Waals surface area (Å²) in [6.45, 7) is 0. The van der Waals surface area contributed by atoms with Gasteiger partial charge in [-0.1, -0.05) is 19.3 Å². The van der Waals surface area contributed by atoms with Crippen LogP contribution in [0.3, 0.4) is 0 Å². The van der Waals surface area contributed by atoms with E-state index in [0.29, 0.717) is 11.9 Å². The molecule has 1 aliphatic rings. The summed E-state index contributed by atoms with van der Waals surface area (Å²) in [5.74, 6) is 5.93. The first-order valence-electron chi connectivity index (χ1n) is 6.63. The van der Waals surface area contributed by atoms with Gasteiger partial charge in [-0.2, -0.15) is 0 Å². The van der Waals surface area contributed by atoms with Crippen molar-refractivity contribution in [3.63, 3.8) is 0 Å². The van der Waals surface area contributed by atoms with Crippen LogP contribution in [0.5, 0.6) is 5.75 Å². The van der Waals surface area contributed by atoms with E-state index in [1.54, 1.807) is 12.1 Å². The molecule has 0 aromatic heterocycles. The molecule has 1 saturated carbocycles. The van der Waals surface area contributed by atoms with E-state index in [4.69, 9.17) is 10.6 Å². The number of hydrogen-bond acceptors (Lipinski definition) is 3. The van der Waals surface area contributed by atoms with Gasteiger partial charge in [-0.15, -0.1) is 0 Å². The highest BCUT2D eigenvalue weighted by atomic mass is 19.1. The Morgan fingerprint density at radius 2 is 2.11 bits per heavy atom. The summed E-state index contributed by atoms with van der Waals surface area (Å²) in [5, 5.41) is 0. The van der Waals surface area contributed by atoms with Crippen molar-refractivity contribution < 1.29 is 9.13 Å². The van der Waals surface area contributed by atoms with Gasteiger partial charge in [0.15, 0.2) is 11.6 Å². The number of nitrogens with two attached hydrogens (primary N) is 1. The fourth-order valence-corrected chi connectivity index (χ4v) is 2.39. The van der Waals surface area contributed by atoms with Crippen LogP contribution in [0.1, 0.15) is 37.7 Å². The molecule has 2 rings (SSSR count). The number of hydrogen-bond donors (Lipinski definition) is 2. The normalized spacial score (nSPS) is 17.3. The topological polar surface area (TPSA) is 59.6 Å². The lowest BCUT2D eigenvalue weighted by Crippen LogP contribution is -2.32. The zero-order valence-electron chi connectivity index (χ0n) is 11.2. The largest absolute Gasteiger partial charge is 0.494 e. The molecular weight excluding hydrogens is 245 g/mol. The van der Waals surface area contributed by atoms with E-state index in [0.717, 1.165) is 18.4 Å². The van der Waals surface area contributed by atoms with Gasteiger partial charge in [0.2, 0.25) is 0 Å². The van der Waals surface area contributed by atoms with Gasteiger partial charge in [0, 0.05) is 5.56 Å². The van der Waals surface area contributed by atoms with Gasteiger partial charge < -0.3 is 10.2 Å². The number of hydrazine groups is 1. The lowest BCUT2D eigenvalue weighted by Gasteiger charge is -2.19. The van der Waals surface area contributed by atoms with Crippen molar-refractivity contribution in [2.45, 2.75) is 38.1 Å². The highest BCUT2D eigenvalue weighted by Crippen LogP contribution is 2.22. The van der Waals surface area contributed by atoms with Crippen LogP contribution in [0.2, 0.25) is 0 Å². The molecule has 1 aromatic carbocycles. The number of halogens is 1. The number of amidine groups is 1. The number of nitrogens with one attached hydrogen (secondary N) is 1. The van der Waals surface area contributed by atoms with Crippen LogP contribution in [0.25, 0.3) is 0 Å². The number of benzene rings is 1. The van der Waals surface area contributed by atoms with Crippen LogP contribution in [0.15, 0.2) is 23.2 Å². The lowest BCUT2D eigenvalue weighted by atomic mass is 9.96. The monoisotopic (exact) mass is 265 g/mol. The van der Waals surface area contributed by atoms with Gasteiger partial charge in [-0.3, -0.25) is 4.99 Å². The summed E-state index contributed by atoms with van der Waals surface area (Å²) >= 11 is 0. The number of methoxy groups -OCH3 is 1. The molecule has 4 nitrogen and oxygen atoms in total. The Labute approximate surface area is 112 Å². The van der Waals surface area contributed by atoms with Gasteiger partial charge in [0.25, 0.3) is 0 Å². The van der Waals surface area contributed by atoms with Gasteiger partial charge >= 0.3 is 0 Å². The summed E-state index contributed by atoms with van der Waals surface area (Å²) in [6.07, 6.45) is 5.87. The molecule has 0 radical (unpaired) electrons. The number of ether oxygens (including phenoxy) is 1. The Kier molecular flexibility index (Phi) is 4.74. The van der Waals surface area contributed by atoms with Crippen LogP contribution in [0, 0.1) is 5.82 Å². The average molecular weight is 265 g/mol. The number of nitrogens with zero attached hydrogens (tertiary/aromatic N) is 1. The molecule has 0 aliphatic heterocycles. The third-order valence-electron chi connectivity index (χ3n) is 3.45. The average Bonchev–Trinajstić information content (AvgIpc) is 2.46. The van der Waals surface area contributed by atoms with E-state index in [9.17, 15) is 4.39 Å². The minimum absolute atomic E-state index is 0.198. The van der Waals surface area contributed by atoms with Crippen molar-refractivity contribution in [1.29, 1.82) is 0 Å². The first-order chi connectivity index (χ1) is 9.24.